The molecule has 3 aromatic rings. The van der Waals surface area contributed by atoms with Crippen LogP contribution in [0, 0.1) is 13.8 Å². The number of Topliss-reactive ketones (excluding diaryl/α,β-unsaturated/α-hetero) is 1. The zero-order valence-electron chi connectivity index (χ0n) is 15.2. The fraction of sp³-hybridized carbons (Fsp3) is 0.136. The van der Waals surface area contributed by atoms with E-state index in [-0.39, 0.29) is 17.4 Å². The molecule has 1 aromatic heterocycles. The lowest BCUT2D eigenvalue weighted by atomic mass is 10.1. The maximum absolute atomic E-state index is 12.8. The summed E-state index contributed by atoms with van der Waals surface area (Å²) in [4.78, 5) is 29.8. The van der Waals surface area contributed by atoms with E-state index in [1.807, 2.05) is 68.4 Å². The van der Waals surface area contributed by atoms with Gasteiger partial charge in [0.25, 0.3) is 5.91 Å². The summed E-state index contributed by atoms with van der Waals surface area (Å²) in [5.74, 6) is 0.0164. The van der Waals surface area contributed by atoms with Crippen molar-refractivity contribution in [2.75, 3.05) is 11.1 Å². The molecule has 0 aliphatic heterocycles. The second-order valence-electron chi connectivity index (χ2n) is 6.16. The van der Waals surface area contributed by atoms with E-state index in [1.54, 1.807) is 12.1 Å². The number of aryl methyl sites for hydroxylation is 2. The van der Waals surface area contributed by atoms with Crippen LogP contribution in [0.5, 0.6) is 0 Å². The van der Waals surface area contributed by atoms with E-state index in [4.69, 9.17) is 0 Å². The number of nitrogens with one attached hydrogen (secondary N) is 1. The fourth-order valence-corrected chi connectivity index (χ4v) is 3.78. The molecule has 0 aliphatic carbocycles. The predicted molar refractivity (Wildman–Crippen MR) is 110 cm³/mol. The number of carbonyl (C=O) groups is 2. The Morgan fingerprint density at radius 3 is 2.26 bits per heavy atom. The second-order valence-corrected chi connectivity index (χ2v) is 7.12. The van der Waals surface area contributed by atoms with Crippen LogP contribution in [0.3, 0.4) is 0 Å². The Morgan fingerprint density at radius 2 is 1.59 bits per heavy atom. The number of benzene rings is 2. The average Bonchev–Trinajstić information content (AvgIpc) is 2.67. The number of anilines is 1. The Labute approximate surface area is 163 Å². The van der Waals surface area contributed by atoms with Crippen LogP contribution in [-0.2, 0) is 0 Å². The van der Waals surface area contributed by atoms with Gasteiger partial charge in [-0.1, -0.05) is 60.3 Å². The highest BCUT2D eigenvalue weighted by Gasteiger charge is 2.18. The van der Waals surface area contributed by atoms with E-state index in [9.17, 15) is 9.59 Å². The molecular weight excluding hydrogens is 356 g/mol. The van der Waals surface area contributed by atoms with Crippen molar-refractivity contribution in [2.45, 2.75) is 18.9 Å². The summed E-state index contributed by atoms with van der Waals surface area (Å²) < 4.78 is 0. The summed E-state index contributed by atoms with van der Waals surface area (Å²) in [6.07, 6.45) is 0. The molecule has 0 saturated heterocycles. The molecule has 0 bridgehead atoms. The van der Waals surface area contributed by atoms with Crippen molar-refractivity contribution in [3.63, 3.8) is 0 Å². The maximum Gasteiger partial charge on any atom is 0.258 e. The highest BCUT2D eigenvalue weighted by atomic mass is 32.2. The molecule has 0 atom stereocenters. The van der Waals surface area contributed by atoms with Crippen molar-refractivity contribution >= 4 is 29.1 Å². The highest BCUT2D eigenvalue weighted by molar-refractivity contribution is 8.00. The highest BCUT2D eigenvalue weighted by Crippen LogP contribution is 2.26. The number of aromatic nitrogens is 1. The van der Waals surface area contributed by atoms with Gasteiger partial charge in [0.2, 0.25) is 0 Å². The van der Waals surface area contributed by atoms with Crippen LogP contribution in [0.25, 0.3) is 0 Å². The molecule has 0 radical (unpaired) electrons. The number of carbonyl (C=O) groups excluding carboxylic acids is 2. The quantitative estimate of drug-likeness (QED) is 0.490. The Morgan fingerprint density at radius 1 is 0.963 bits per heavy atom. The van der Waals surface area contributed by atoms with Gasteiger partial charge in [0, 0.05) is 16.9 Å². The van der Waals surface area contributed by atoms with Gasteiger partial charge in [-0.05, 0) is 37.6 Å². The zero-order chi connectivity index (χ0) is 19.2. The van der Waals surface area contributed by atoms with Crippen LogP contribution in [0.15, 0.2) is 71.8 Å². The number of nitrogens with zero attached hydrogens (tertiary/aromatic N) is 1. The molecule has 4 nitrogen and oxygen atoms in total. The molecule has 2 aromatic carbocycles. The predicted octanol–water partition coefficient (Wildman–Crippen LogP) is 4.93. The average molecular weight is 376 g/mol. The van der Waals surface area contributed by atoms with Crippen LogP contribution in [-0.4, -0.2) is 22.4 Å². The van der Waals surface area contributed by atoms with E-state index in [0.717, 1.165) is 16.9 Å². The third-order valence-corrected chi connectivity index (χ3v) is 4.98. The second kappa shape index (κ2) is 8.64. The number of hydrogen-bond acceptors (Lipinski definition) is 4. The fourth-order valence-electron chi connectivity index (χ4n) is 2.74. The lowest BCUT2D eigenvalue weighted by molar-refractivity contribution is 0.101. The first-order valence-electron chi connectivity index (χ1n) is 8.60. The molecule has 0 aliphatic rings. The van der Waals surface area contributed by atoms with E-state index in [2.05, 4.69) is 10.3 Å². The van der Waals surface area contributed by atoms with Gasteiger partial charge in [-0.3, -0.25) is 9.59 Å². The Bertz CT molecular complexity index is 957. The molecule has 1 N–H and O–H groups in total. The number of rotatable bonds is 6. The summed E-state index contributed by atoms with van der Waals surface area (Å²) in [6, 6.07) is 20.3. The normalized spacial score (nSPS) is 10.4. The minimum Gasteiger partial charge on any atom is -0.322 e. The first kappa shape index (κ1) is 18.9. The molecule has 1 heterocycles. The van der Waals surface area contributed by atoms with E-state index in [0.29, 0.717) is 16.2 Å². The van der Waals surface area contributed by atoms with Crippen molar-refractivity contribution in [1.82, 2.24) is 4.98 Å². The van der Waals surface area contributed by atoms with Gasteiger partial charge in [0.1, 0.15) is 5.03 Å². The molecule has 0 spiro atoms. The number of ketones is 1. The molecule has 3 rings (SSSR count). The minimum absolute atomic E-state index is 0.0102. The van der Waals surface area contributed by atoms with Crippen molar-refractivity contribution in [3.8, 4) is 0 Å². The van der Waals surface area contributed by atoms with Crippen LogP contribution in [0.2, 0.25) is 0 Å². The molecule has 27 heavy (non-hydrogen) atoms. The first-order valence-corrected chi connectivity index (χ1v) is 9.59. The number of para-hydroxylation sites is 1. The summed E-state index contributed by atoms with van der Waals surface area (Å²) in [5.41, 5.74) is 3.54. The Balaban J connectivity index is 1.82. The van der Waals surface area contributed by atoms with Crippen molar-refractivity contribution in [2.24, 2.45) is 0 Å². The monoisotopic (exact) mass is 376 g/mol. The number of pyridine rings is 1. The Kier molecular flexibility index (Phi) is 6.04. The third kappa shape index (κ3) is 4.83. The van der Waals surface area contributed by atoms with Crippen molar-refractivity contribution in [1.29, 1.82) is 0 Å². The molecule has 0 unspecified atom stereocenters. The van der Waals surface area contributed by atoms with Crippen LogP contribution in [0.1, 0.15) is 32.0 Å². The SMILES string of the molecule is Cc1cc(C)c(C(=O)Nc2ccccc2)c(SCC(=O)c2ccccc2)n1. The van der Waals surface area contributed by atoms with Crippen LogP contribution >= 0.6 is 11.8 Å². The lowest BCUT2D eigenvalue weighted by Crippen LogP contribution is -2.16. The van der Waals surface area contributed by atoms with E-state index < -0.39 is 0 Å². The molecular formula is C22H20N2O2S. The summed E-state index contributed by atoms with van der Waals surface area (Å²) in [5, 5.41) is 3.48. The topological polar surface area (TPSA) is 59.1 Å². The summed E-state index contributed by atoms with van der Waals surface area (Å²) in [7, 11) is 0. The largest absolute Gasteiger partial charge is 0.322 e. The van der Waals surface area contributed by atoms with Gasteiger partial charge < -0.3 is 5.32 Å². The van der Waals surface area contributed by atoms with Gasteiger partial charge >= 0.3 is 0 Å². The van der Waals surface area contributed by atoms with E-state index >= 15 is 0 Å². The third-order valence-electron chi connectivity index (χ3n) is 4.01. The van der Waals surface area contributed by atoms with Crippen LogP contribution in [0.4, 0.5) is 5.69 Å². The maximum atomic E-state index is 12.8. The van der Waals surface area contributed by atoms with Gasteiger partial charge in [-0.25, -0.2) is 4.98 Å². The van der Waals surface area contributed by atoms with Crippen molar-refractivity contribution < 1.29 is 9.59 Å². The van der Waals surface area contributed by atoms with Gasteiger partial charge in [0.15, 0.2) is 5.78 Å². The van der Waals surface area contributed by atoms with Crippen molar-refractivity contribution in [3.05, 3.63) is 89.1 Å². The number of amides is 1. The Hall–Kier alpha value is -2.92. The zero-order valence-corrected chi connectivity index (χ0v) is 16.0. The number of thioether (sulfide) groups is 1. The van der Waals surface area contributed by atoms with Gasteiger partial charge in [-0.2, -0.15) is 0 Å². The smallest absolute Gasteiger partial charge is 0.258 e. The molecule has 0 saturated carbocycles. The molecule has 1 amide bonds. The van der Waals surface area contributed by atoms with Crippen LogP contribution < -0.4 is 5.32 Å². The molecule has 136 valence electrons. The number of hydrogen-bond donors (Lipinski definition) is 1. The molecule has 0 fully saturated rings. The lowest BCUT2D eigenvalue weighted by Gasteiger charge is -2.13. The standard InChI is InChI=1S/C22H20N2O2S/c1-15-13-16(2)23-22(27-14-19(25)17-9-5-3-6-10-17)20(15)21(26)24-18-11-7-4-8-12-18/h3-13H,14H2,1-2H3,(H,24,26). The molecule has 5 heteroatoms. The van der Waals surface area contributed by atoms with Gasteiger partial charge in [0.05, 0.1) is 11.3 Å². The summed E-state index contributed by atoms with van der Waals surface area (Å²) in [6.45, 7) is 3.77. The minimum atomic E-state index is -0.221. The van der Waals surface area contributed by atoms with E-state index in [1.165, 1.54) is 11.8 Å². The van der Waals surface area contributed by atoms with Gasteiger partial charge in [-0.15, -0.1) is 0 Å². The summed E-state index contributed by atoms with van der Waals surface area (Å²) >= 11 is 1.30. The first-order chi connectivity index (χ1) is 13.0.